The Labute approximate surface area is 84.1 Å². The van der Waals surface area contributed by atoms with Crippen molar-refractivity contribution in [1.29, 1.82) is 0 Å². The second-order valence-electron chi connectivity index (χ2n) is 3.32. The third-order valence-corrected chi connectivity index (χ3v) is 2.44. The Kier molecular flexibility index (Phi) is 2.84. The van der Waals surface area contributed by atoms with Crippen molar-refractivity contribution in [3.63, 3.8) is 0 Å². The predicted molar refractivity (Wildman–Crippen MR) is 54.0 cm³/mol. The molecule has 1 aromatic rings. The highest BCUT2D eigenvalue weighted by molar-refractivity contribution is 5.14. The van der Waals surface area contributed by atoms with Crippen LogP contribution in [-0.2, 0) is 0 Å². The summed E-state index contributed by atoms with van der Waals surface area (Å²) in [6.07, 6.45) is 4.06. The van der Waals surface area contributed by atoms with Crippen LogP contribution in [0.4, 0.5) is 0 Å². The summed E-state index contributed by atoms with van der Waals surface area (Å²) in [6, 6.07) is 3.95. The summed E-state index contributed by atoms with van der Waals surface area (Å²) in [6.45, 7) is 4.21. The lowest BCUT2D eigenvalue weighted by molar-refractivity contribution is -0.694. The van der Waals surface area contributed by atoms with Gasteiger partial charge >= 0.3 is 0 Å². The summed E-state index contributed by atoms with van der Waals surface area (Å²) >= 11 is 0. The SMILES string of the molecule is COc1cc[n+](N2CCNCC2)cc1. The third-order valence-electron chi connectivity index (χ3n) is 2.44. The number of piperazine rings is 1. The van der Waals surface area contributed by atoms with Gasteiger partial charge in [0, 0.05) is 25.2 Å². The monoisotopic (exact) mass is 194 g/mol. The second kappa shape index (κ2) is 4.28. The first kappa shape index (κ1) is 9.27. The number of nitrogens with zero attached hydrogens (tertiary/aromatic N) is 2. The normalized spacial score (nSPS) is 16.8. The average Bonchev–Trinajstić information content (AvgIpc) is 2.30. The maximum atomic E-state index is 5.11. The van der Waals surface area contributed by atoms with Crippen molar-refractivity contribution >= 4 is 0 Å². The summed E-state index contributed by atoms with van der Waals surface area (Å²) in [5.74, 6) is 0.899. The average molecular weight is 194 g/mol. The molecule has 2 heterocycles. The van der Waals surface area contributed by atoms with Crippen molar-refractivity contribution in [3.8, 4) is 5.75 Å². The molecule has 1 aliphatic rings. The smallest absolute Gasteiger partial charge is 0.203 e. The number of pyridine rings is 1. The van der Waals surface area contributed by atoms with Crippen LogP contribution in [0.25, 0.3) is 0 Å². The van der Waals surface area contributed by atoms with E-state index < -0.39 is 0 Å². The molecule has 1 aliphatic heterocycles. The molecule has 1 N–H and O–H groups in total. The molecule has 2 rings (SSSR count). The largest absolute Gasteiger partial charge is 0.496 e. The van der Waals surface area contributed by atoms with Gasteiger partial charge < -0.3 is 10.1 Å². The topological polar surface area (TPSA) is 28.4 Å². The number of nitrogens with one attached hydrogen (secondary N) is 1. The Morgan fingerprint density at radius 2 is 1.93 bits per heavy atom. The number of hydrogen-bond acceptors (Lipinski definition) is 3. The zero-order valence-electron chi connectivity index (χ0n) is 8.44. The number of aromatic nitrogens is 1. The quantitative estimate of drug-likeness (QED) is 0.645. The standard InChI is InChI=1S/C10H16N3O/c1-14-10-2-6-12(7-3-10)13-8-4-11-5-9-13/h2-3,6-7,11H,4-5,8-9H2,1H3/q+1. The molecule has 0 amide bonds. The van der Waals surface area contributed by atoms with Crippen LogP contribution >= 0.6 is 0 Å². The summed E-state index contributed by atoms with van der Waals surface area (Å²) in [5, 5.41) is 5.63. The highest BCUT2D eigenvalue weighted by atomic mass is 16.5. The molecule has 0 atom stereocenters. The minimum atomic E-state index is 0.899. The van der Waals surface area contributed by atoms with E-state index in [4.69, 9.17) is 4.74 Å². The fraction of sp³-hybridized carbons (Fsp3) is 0.500. The summed E-state index contributed by atoms with van der Waals surface area (Å²) in [5.41, 5.74) is 0. The van der Waals surface area contributed by atoms with E-state index >= 15 is 0 Å². The van der Waals surface area contributed by atoms with Crippen molar-refractivity contribution in [3.05, 3.63) is 24.5 Å². The van der Waals surface area contributed by atoms with Gasteiger partial charge in [0.15, 0.2) is 0 Å². The summed E-state index contributed by atoms with van der Waals surface area (Å²) in [7, 11) is 1.69. The van der Waals surface area contributed by atoms with Gasteiger partial charge in [-0.15, -0.1) is 0 Å². The molecular formula is C10H16N3O+. The molecule has 76 valence electrons. The van der Waals surface area contributed by atoms with Gasteiger partial charge in [-0.2, -0.15) is 5.01 Å². The number of hydrogen-bond donors (Lipinski definition) is 1. The van der Waals surface area contributed by atoms with E-state index in [9.17, 15) is 0 Å². The highest BCUT2D eigenvalue weighted by Gasteiger charge is 2.15. The van der Waals surface area contributed by atoms with Crippen LogP contribution in [0.1, 0.15) is 0 Å². The second-order valence-corrected chi connectivity index (χ2v) is 3.32. The van der Waals surface area contributed by atoms with Crippen molar-refractivity contribution in [2.45, 2.75) is 0 Å². The minimum Gasteiger partial charge on any atom is -0.496 e. The lowest BCUT2D eigenvalue weighted by Gasteiger charge is -2.22. The van der Waals surface area contributed by atoms with E-state index in [1.165, 1.54) is 0 Å². The zero-order valence-corrected chi connectivity index (χ0v) is 8.44. The fourth-order valence-electron chi connectivity index (χ4n) is 1.61. The van der Waals surface area contributed by atoms with E-state index in [1.54, 1.807) is 7.11 Å². The summed E-state index contributed by atoms with van der Waals surface area (Å²) < 4.78 is 7.23. The maximum absolute atomic E-state index is 5.11. The number of rotatable bonds is 2. The van der Waals surface area contributed by atoms with Crippen molar-refractivity contribution < 1.29 is 9.41 Å². The molecule has 1 saturated heterocycles. The van der Waals surface area contributed by atoms with Crippen LogP contribution < -0.4 is 19.7 Å². The van der Waals surface area contributed by atoms with Gasteiger partial charge in [-0.1, -0.05) is 4.68 Å². The number of ether oxygens (including phenoxy) is 1. The van der Waals surface area contributed by atoms with Gasteiger partial charge in [0.1, 0.15) is 5.75 Å². The van der Waals surface area contributed by atoms with Gasteiger partial charge in [-0.25, -0.2) is 0 Å². The lowest BCUT2D eigenvalue weighted by Crippen LogP contribution is -2.63. The van der Waals surface area contributed by atoms with Gasteiger partial charge in [-0.3, -0.25) is 0 Å². The Morgan fingerprint density at radius 3 is 2.50 bits per heavy atom. The first-order chi connectivity index (χ1) is 6.90. The fourth-order valence-corrected chi connectivity index (χ4v) is 1.61. The predicted octanol–water partition coefficient (Wildman–Crippen LogP) is -0.476. The third kappa shape index (κ3) is 1.96. The highest BCUT2D eigenvalue weighted by Crippen LogP contribution is 2.03. The Hall–Kier alpha value is -1.29. The number of methoxy groups -OCH3 is 1. The van der Waals surface area contributed by atoms with Gasteiger partial charge in [0.05, 0.1) is 20.2 Å². The Morgan fingerprint density at radius 1 is 1.29 bits per heavy atom. The van der Waals surface area contributed by atoms with Crippen LogP contribution in [0.15, 0.2) is 24.5 Å². The summed E-state index contributed by atoms with van der Waals surface area (Å²) in [4.78, 5) is 0. The molecule has 14 heavy (non-hydrogen) atoms. The molecule has 4 nitrogen and oxygen atoms in total. The molecule has 1 fully saturated rings. The first-order valence-corrected chi connectivity index (χ1v) is 4.91. The van der Waals surface area contributed by atoms with Gasteiger partial charge in [0.25, 0.3) is 0 Å². The first-order valence-electron chi connectivity index (χ1n) is 4.91. The van der Waals surface area contributed by atoms with Crippen LogP contribution in [0.2, 0.25) is 0 Å². The van der Waals surface area contributed by atoms with Crippen LogP contribution in [-0.4, -0.2) is 33.3 Å². The maximum Gasteiger partial charge on any atom is 0.203 e. The van der Waals surface area contributed by atoms with Gasteiger partial charge in [-0.05, 0) is 0 Å². The van der Waals surface area contributed by atoms with E-state index in [0.717, 1.165) is 31.9 Å². The molecule has 0 saturated carbocycles. The molecule has 0 bridgehead atoms. The van der Waals surface area contributed by atoms with Gasteiger partial charge in [0.2, 0.25) is 12.4 Å². The minimum absolute atomic E-state index is 0.899. The van der Waals surface area contributed by atoms with Crippen molar-refractivity contribution in [2.24, 2.45) is 0 Å². The molecule has 0 aromatic carbocycles. The Bertz CT molecular complexity index is 280. The lowest BCUT2D eigenvalue weighted by atomic mass is 10.4. The van der Waals surface area contributed by atoms with Crippen LogP contribution in [0, 0.1) is 0 Å². The van der Waals surface area contributed by atoms with Crippen molar-refractivity contribution in [2.75, 3.05) is 38.3 Å². The molecular weight excluding hydrogens is 178 g/mol. The Balaban J connectivity index is 2.07. The van der Waals surface area contributed by atoms with E-state index in [-0.39, 0.29) is 0 Å². The molecule has 4 heteroatoms. The zero-order chi connectivity index (χ0) is 9.80. The molecule has 1 aromatic heterocycles. The molecule has 0 spiro atoms. The van der Waals surface area contributed by atoms with E-state index in [2.05, 4.69) is 15.0 Å². The van der Waals surface area contributed by atoms with E-state index in [0.29, 0.717) is 0 Å². The van der Waals surface area contributed by atoms with Crippen LogP contribution in [0.5, 0.6) is 5.75 Å². The van der Waals surface area contributed by atoms with E-state index in [1.807, 2.05) is 24.5 Å². The molecule has 0 radical (unpaired) electrons. The molecule has 0 unspecified atom stereocenters. The molecule has 0 aliphatic carbocycles. The van der Waals surface area contributed by atoms with Crippen LogP contribution in [0.3, 0.4) is 0 Å². The van der Waals surface area contributed by atoms with Crippen molar-refractivity contribution in [1.82, 2.24) is 5.32 Å².